The predicted molar refractivity (Wildman–Crippen MR) is 122 cm³/mol. The number of pyridine rings is 1. The zero-order chi connectivity index (χ0) is 20.6. The topological polar surface area (TPSA) is 54.0 Å². The van der Waals surface area contributed by atoms with Gasteiger partial charge in [-0.3, -0.25) is 9.78 Å². The minimum Gasteiger partial charge on any atom is -0.351 e. The third kappa shape index (κ3) is 3.99. The summed E-state index contributed by atoms with van der Waals surface area (Å²) in [7, 11) is 0. The van der Waals surface area contributed by atoms with Gasteiger partial charge in [0.15, 0.2) is 0 Å². The van der Waals surface area contributed by atoms with E-state index in [0.29, 0.717) is 5.41 Å². The molecule has 30 heavy (non-hydrogen) atoms. The molecule has 0 radical (unpaired) electrons. The highest BCUT2D eigenvalue weighted by Gasteiger charge is 2.50. The minimum absolute atomic E-state index is 0.0676. The summed E-state index contributed by atoms with van der Waals surface area (Å²) in [6, 6.07) is 10.1. The second-order valence-electron chi connectivity index (χ2n) is 10.2. The lowest BCUT2D eigenvalue weighted by Gasteiger charge is -2.56. The Morgan fingerprint density at radius 1 is 1.07 bits per heavy atom. The lowest BCUT2D eigenvalue weighted by Crippen LogP contribution is -2.51. The molecule has 6 rings (SSSR count). The Balaban J connectivity index is 1.27. The van der Waals surface area contributed by atoms with Crippen molar-refractivity contribution in [1.29, 1.82) is 0 Å². The molecule has 4 aliphatic rings. The van der Waals surface area contributed by atoms with Gasteiger partial charge < -0.3 is 10.6 Å². The Hall–Kier alpha value is -1.94. The first-order chi connectivity index (χ1) is 14.6. The van der Waals surface area contributed by atoms with Gasteiger partial charge in [-0.15, -0.1) is 0 Å². The van der Waals surface area contributed by atoms with Gasteiger partial charge >= 0.3 is 0 Å². The van der Waals surface area contributed by atoms with Gasteiger partial charge in [0.2, 0.25) is 0 Å². The van der Waals surface area contributed by atoms with Crippen LogP contribution in [-0.2, 0) is 6.42 Å². The molecule has 2 N–H and O–H groups in total. The minimum atomic E-state index is 0.0676. The third-order valence-corrected chi connectivity index (χ3v) is 7.86. The van der Waals surface area contributed by atoms with Crippen molar-refractivity contribution >= 4 is 16.8 Å². The van der Waals surface area contributed by atoms with Crippen LogP contribution in [0.25, 0.3) is 10.9 Å². The molecule has 1 heterocycles. The predicted octanol–water partition coefficient (Wildman–Crippen LogP) is 4.72. The molecule has 4 bridgehead atoms. The monoisotopic (exact) mass is 405 g/mol. The van der Waals surface area contributed by atoms with Crippen LogP contribution in [0.2, 0.25) is 0 Å². The Morgan fingerprint density at radius 2 is 1.80 bits per heavy atom. The van der Waals surface area contributed by atoms with Gasteiger partial charge in [-0.2, -0.15) is 0 Å². The number of aromatic nitrogens is 1. The summed E-state index contributed by atoms with van der Waals surface area (Å²) >= 11 is 0. The number of carbonyl (C=O) groups excluding carboxylic acids is 1. The Labute approximate surface area is 180 Å². The number of rotatable bonds is 8. The molecule has 4 fully saturated rings. The molecule has 1 aromatic heterocycles. The van der Waals surface area contributed by atoms with Gasteiger partial charge in [0.25, 0.3) is 5.91 Å². The maximum Gasteiger partial charge on any atom is 0.251 e. The first-order valence-electron chi connectivity index (χ1n) is 12.0. The summed E-state index contributed by atoms with van der Waals surface area (Å²) in [5.74, 6) is 2.82. The number of hydrogen-bond donors (Lipinski definition) is 2. The molecule has 4 saturated carbocycles. The number of nitrogens with zero attached hydrogens (tertiary/aromatic N) is 1. The summed E-state index contributed by atoms with van der Waals surface area (Å²) in [5, 5.41) is 7.66. The van der Waals surface area contributed by atoms with E-state index >= 15 is 0 Å². The summed E-state index contributed by atoms with van der Waals surface area (Å²) in [6.07, 6.45) is 10.4. The molecule has 1 aromatic carbocycles. The van der Waals surface area contributed by atoms with E-state index in [2.05, 4.69) is 29.7 Å². The van der Waals surface area contributed by atoms with Gasteiger partial charge in [0, 0.05) is 23.2 Å². The van der Waals surface area contributed by atoms with Gasteiger partial charge in [0.1, 0.15) is 0 Å². The van der Waals surface area contributed by atoms with Gasteiger partial charge in [0.05, 0.1) is 5.52 Å². The highest BCUT2D eigenvalue weighted by molar-refractivity contribution is 6.06. The van der Waals surface area contributed by atoms with Crippen LogP contribution in [0.15, 0.2) is 30.3 Å². The van der Waals surface area contributed by atoms with Crippen molar-refractivity contribution in [1.82, 2.24) is 15.6 Å². The fourth-order valence-corrected chi connectivity index (χ4v) is 6.98. The van der Waals surface area contributed by atoms with Crippen molar-refractivity contribution in [2.24, 2.45) is 23.2 Å². The number of benzene rings is 1. The molecule has 4 aliphatic carbocycles. The Kier molecular flexibility index (Phi) is 5.53. The number of aryl methyl sites for hydroxylation is 1. The van der Waals surface area contributed by atoms with Crippen LogP contribution in [0.3, 0.4) is 0 Å². The molecule has 4 nitrogen and oxygen atoms in total. The molecule has 160 valence electrons. The summed E-state index contributed by atoms with van der Waals surface area (Å²) < 4.78 is 0. The summed E-state index contributed by atoms with van der Waals surface area (Å²) in [5.41, 5.74) is 3.17. The first kappa shape index (κ1) is 20.0. The van der Waals surface area contributed by atoms with Crippen LogP contribution in [-0.4, -0.2) is 30.5 Å². The van der Waals surface area contributed by atoms with Gasteiger partial charge in [-0.1, -0.05) is 19.1 Å². The second kappa shape index (κ2) is 8.30. The molecular weight excluding hydrogens is 370 g/mol. The van der Waals surface area contributed by atoms with Crippen LogP contribution in [0.5, 0.6) is 0 Å². The SMILES string of the molecule is CCNCCCc1ccc2c(C(=O)NCC34CC5CC(CC(C5)C3)C4)cccc2n1. The number of nitrogens with one attached hydrogen (secondary N) is 2. The van der Waals surface area contributed by atoms with E-state index in [1.807, 2.05) is 18.2 Å². The number of hydrogen-bond acceptors (Lipinski definition) is 3. The Bertz CT molecular complexity index is 886. The molecule has 0 unspecified atom stereocenters. The van der Waals surface area contributed by atoms with Crippen molar-refractivity contribution in [2.45, 2.75) is 58.3 Å². The third-order valence-electron chi connectivity index (χ3n) is 7.86. The molecule has 0 aliphatic heterocycles. The van der Waals surface area contributed by atoms with Crippen LogP contribution in [0.1, 0.15) is 67.9 Å². The maximum atomic E-state index is 13.1. The van der Waals surface area contributed by atoms with Crippen molar-refractivity contribution in [3.63, 3.8) is 0 Å². The van der Waals surface area contributed by atoms with E-state index in [9.17, 15) is 4.79 Å². The zero-order valence-electron chi connectivity index (χ0n) is 18.3. The molecule has 0 atom stereocenters. The summed E-state index contributed by atoms with van der Waals surface area (Å²) in [4.78, 5) is 18.0. The van der Waals surface area contributed by atoms with Gasteiger partial charge in [-0.25, -0.2) is 0 Å². The van der Waals surface area contributed by atoms with E-state index in [1.54, 1.807) is 0 Å². The van der Waals surface area contributed by atoms with Crippen molar-refractivity contribution in [3.8, 4) is 0 Å². The zero-order valence-corrected chi connectivity index (χ0v) is 18.3. The lowest BCUT2D eigenvalue weighted by atomic mass is 9.49. The maximum absolute atomic E-state index is 13.1. The second-order valence-corrected chi connectivity index (χ2v) is 10.2. The number of fused-ring (bicyclic) bond motifs is 1. The van der Waals surface area contributed by atoms with E-state index in [4.69, 9.17) is 4.98 Å². The molecule has 4 heteroatoms. The van der Waals surface area contributed by atoms with Crippen molar-refractivity contribution < 1.29 is 4.79 Å². The largest absolute Gasteiger partial charge is 0.351 e. The number of amides is 1. The lowest BCUT2D eigenvalue weighted by molar-refractivity contribution is -0.0503. The highest BCUT2D eigenvalue weighted by atomic mass is 16.1. The smallest absolute Gasteiger partial charge is 0.251 e. The molecule has 0 spiro atoms. The summed E-state index contributed by atoms with van der Waals surface area (Å²) in [6.45, 7) is 5.00. The normalized spacial score (nSPS) is 29.4. The van der Waals surface area contributed by atoms with E-state index in [0.717, 1.165) is 72.4 Å². The fourth-order valence-electron chi connectivity index (χ4n) is 6.98. The van der Waals surface area contributed by atoms with Crippen molar-refractivity contribution in [2.75, 3.05) is 19.6 Å². The highest BCUT2D eigenvalue weighted by Crippen LogP contribution is 2.59. The van der Waals surface area contributed by atoms with Crippen LogP contribution in [0.4, 0.5) is 0 Å². The van der Waals surface area contributed by atoms with Crippen LogP contribution >= 0.6 is 0 Å². The van der Waals surface area contributed by atoms with E-state index in [1.165, 1.54) is 38.5 Å². The van der Waals surface area contributed by atoms with Crippen LogP contribution in [0, 0.1) is 23.2 Å². The average molecular weight is 406 g/mol. The molecule has 2 aromatic rings. The number of carbonyl (C=O) groups is 1. The average Bonchev–Trinajstić information content (AvgIpc) is 2.73. The fraction of sp³-hybridized carbons (Fsp3) is 0.615. The van der Waals surface area contributed by atoms with E-state index in [-0.39, 0.29) is 5.91 Å². The van der Waals surface area contributed by atoms with Gasteiger partial charge in [-0.05, 0) is 106 Å². The first-order valence-corrected chi connectivity index (χ1v) is 12.0. The molecule has 0 saturated heterocycles. The van der Waals surface area contributed by atoms with Crippen molar-refractivity contribution in [3.05, 3.63) is 41.6 Å². The molecule has 1 amide bonds. The van der Waals surface area contributed by atoms with Crippen LogP contribution < -0.4 is 10.6 Å². The quantitative estimate of drug-likeness (QED) is 0.625. The standard InChI is InChI=1S/C26H35N3O/c1-2-27-10-4-5-21-8-9-22-23(6-3-7-24(22)29-21)25(30)28-17-26-14-18-11-19(15-26)13-20(12-18)16-26/h3,6-9,18-20,27H,2,4-5,10-17H2,1H3,(H,28,30). The Morgan fingerprint density at radius 3 is 2.50 bits per heavy atom. The van der Waals surface area contributed by atoms with E-state index < -0.39 is 0 Å². The molecular formula is C26H35N3O.